The van der Waals surface area contributed by atoms with Gasteiger partial charge in [-0.15, -0.1) is 0 Å². The molecule has 21 heavy (non-hydrogen) atoms. The van der Waals surface area contributed by atoms with E-state index in [-0.39, 0.29) is 25.0 Å². The molecule has 1 aromatic carbocycles. The lowest BCUT2D eigenvalue weighted by atomic mass is 9.89. The van der Waals surface area contributed by atoms with Crippen molar-refractivity contribution in [3.05, 3.63) is 34.9 Å². The first-order chi connectivity index (χ1) is 10.1. The second-order valence-electron chi connectivity index (χ2n) is 5.50. The van der Waals surface area contributed by atoms with Crippen LogP contribution in [-0.2, 0) is 17.6 Å². The minimum atomic E-state index is -0.918. The van der Waals surface area contributed by atoms with Gasteiger partial charge in [-0.3, -0.25) is 4.79 Å². The van der Waals surface area contributed by atoms with Crippen molar-refractivity contribution in [1.29, 1.82) is 0 Å². The Morgan fingerprint density at radius 3 is 2.67 bits per heavy atom. The SMILES string of the molecule is C[C@@H](NC(=O)NCCC(=O)O)c1ccc2c(c1)CCCC2. The number of fused-ring (bicyclic) bond motifs is 1. The molecule has 0 saturated carbocycles. The molecule has 1 aliphatic carbocycles. The van der Waals surface area contributed by atoms with Crippen molar-refractivity contribution in [2.75, 3.05) is 6.54 Å². The molecule has 5 heteroatoms. The summed E-state index contributed by atoms with van der Waals surface area (Å²) < 4.78 is 0. The van der Waals surface area contributed by atoms with Gasteiger partial charge in [0, 0.05) is 6.54 Å². The summed E-state index contributed by atoms with van der Waals surface area (Å²) in [7, 11) is 0. The Balaban J connectivity index is 1.89. The predicted octanol–water partition coefficient (Wildman–Crippen LogP) is 2.40. The van der Waals surface area contributed by atoms with E-state index in [9.17, 15) is 9.59 Å². The van der Waals surface area contributed by atoms with Gasteiger partial charge in [0.2, 0.25) is 0 Å². The maximum Gasteiger partial charge on any atom is 0.315 e. The minimum Gasteiger partial charge on any atom is -0.481 e. The van der Waals surface area contributed by atoms with E-state index in [1.165, 1.54) is 24.0 Å². The number of amides is 2. The van der Waals surface area contributed by atoms with Gasteiger partial charge in [-0.25, -0.2) is 4.79 Å². The van der Waals surface area contributed by atoms with Crippen LogP contribution in [0.5, 0.6) is 0 Å². The number of hydrogen-bond acceptors (Lipinski definition) is 2. The third-order valence-electron chi connectivity index (χ3n) is 3.84. The predicted molar refractivity (Wildman–Crippen MR) is 80.3 cm³/mol. The van der Waals surface area contributed by atoms with Crippen molar-refractivity contribution in [2.24, 2.45) is 0 Å². The molecule has 2 rings (SSSR count). The van der Waals surface area contributed by atoms with Gasteiger partial charge < -0.3 is 15.7 Å². The van der Waals surface area contributed by atoms with Crippen LogP contribution in [0.3, 0.4) is 0 Å². The number of carbonyl (C=O) groups excluding carboxylic acids is 1. The highest BCUT2D eigenvalue weighted by atomic mass is 16.4. The van der Waals surface area contributed by atoms with E-state index in [1.807, 2.05) is 6.92 Å². The number of aliphatic carboxylic acids is 1. The summed E-state index contributed by atoms with van der Waals surface area (Å²) >= 11 is 0. The Labute approximate surface area is 124 Å². The summed E-state index contributed by atoms with van der Waals surface area (Å²) in [6, 6.07) is 5.97. The molecule has 1 atom stereocenters. The third-order valence-corrected chi connectivity index (χ3v) is 3.84. The number of hydrogen-bond donors (Lipinski definition) is 3. The Morgan fingerprint density at radius 2 is 1.95 bits per heavy atom. The fourth-order valence-corrected chi connectivity index (χ4v) is 2.64. The number of urea groups is 1. The number of benzene rings is 1. The van der Waals surface area contributed by atoms with Crippen molar-refractivity contribution in [3.63, 3.8) is 0 Å². The zero-order valence-corrected chi connectivity index (χ0v) is 12.3. The van der Waals surface area contributed by atoms with Crippen LogP contribution in [0.2, 0.25) is 0 Å². The Kier molecular flexibility index (Phi) is 5.20. The molecule has 3 N–H and O–H groups in total. The van der Waals surface area contributed by atoms with Gasteiger partial charge in [0.05, 0.1) is 12.5 Å². The monoisotopic (exact) mass is 290 g/mol. The zero-order chi connectivity index (χ0) is 15.2. The second-order valence-corrected chi connectivity index (χ2v) is 5.50. The summed E-state index contributed by atoms with van der Waals surface area (Å²) in [5.41, 5.74) is 3.89. The van der Waals surface area contributed by atoms with Crippen LogP contribution in [0, 0.1) is 0 Å². The standard InChI is InChI=1S/C16H22N2O3/c1-11(18-16(21)17-9-8-15(19)20)13-7-6-12-4-2-3-5-14(12)10-13/h6-7,10-11H,2-5,8-9H2,1H3,(H,19,20)(H2,17,18,21)/t11-/m1/s1. The number of nitrogens with one attached hydrogen (secondary N) is 2. The highest BCUT2D eigenvalue weighted by Crippen LogP contribution is 2.24. The van der Waals surface area contributed by atoms with Gasteiger partial charge >= 0.3 is 12.0 Å². The van der Waals surface area contributed by atoms with E-state index in [0.717, 1.165) is 18.4 Å². The minimum absolute atomic E-state index is 0.0688. The summed E-state index contributed by atoms with van der Waals surface area (Å²) in [6.45, 7) is 2.07. The van der Waals surface area contributed by atoms with Crippen LogP contribution in [0.15, 0.2) is 18.2 Å². The molecule has 0 heterocycles. The topological polar surface area (TPSA) is 78.4 Å². The third kappa shape index (κ3) is 4.48. The Morgan fingerprint density at radius 1 is 1.24 bits per heavy atom. The van der Waals surface area contributed by atoms with Gasteiger partial charge in [-0.2, -0.15) is 0 Å². The molecule has 0 saturated heterocycles. The number of aryl methyl sites for hydroxylation is 2. The lowest BCUT2D eigenvalue weighted by Crippen LogP contribution is -2.38. The van der Waals surface area contributed by atoms with E-state index in [0.29, 0.717) is 0 Å². The summed E-state index contributed by atoms with van der Waals surface area (Å²) in [6.07, 6.45) is 4.68. The van der Waals surface area contributed by atoms with Crippen molar-refractivity contribution in [1.82, 2.24) is 10.6 Å². The molecule has 0 spiro atoms. The first kappa shape index (κ1) is 15.4. The first-order valence-electron chi connectivity index (χ1n) is 7.44. The molecule has 0 fully saturated rings. The second kappa shape index (κ2) is 7.11. The lowest BCUT2D eigenvalue weighted by molar-refractivity contribution is -0.136. The van der Waals surface area contributed by atoms with Gasteiger partial charge in [-0.05, 0) is 49.3 Å². The molecule has 1 aromatic rings. The lowest BCUT2D eigenvalue weighted by Gasteiger charge is -2.20. The molecule has 0 aromatic heterocycles. The van der Waals surface area contributed by atoms with E-state index in [1.54, 1.807) is 0 Å². The average molecular weight is 290 g/mol. The molecule has 1 aliphatic rings. The van der Waals surface area contributed by atoms with Crippen LogP contribution in [-0.4, -0.2) is 23.7 Å². The molecule has 2 amide bonds. The van der Waals surface area contributed by atoms with Crippen LogP contribution in [0.25, 0.3) is 0 Å². The molecular weight excluding hydrogens is 268 g/mol. The van der Waals surface area contributed by atoms with E-state index in [4.69, 9.17) is 5.11 Å². The van der Waals surface area contributed by atoms with Crippen LogP contribution in [0.1, 0.15) is 48.9 Å². The van der Waals surface area contributed by atoms with Crippen molar-refractivity contribution in [3.8, 4) is 0 Å². The van der Waals surface area contributed by atoms with Crippen molar-refractivity contribution >= 4 is 12.0 Å². The summed E-state index contributed by atoms with van der Waals surface area (Å²) in [5, 5.41) is 13.9. The van der Waals surface area contributed by atoms with E-state index < -0.39 is 5.97 Å². The summed E-state index contributed by atoms with van der Waals surface area (Å²) in [4.78, 5) is 22.1. The van der Waals surface area contributed by atoms with E-state index >= 15 is 0 Å². The molecule has 0 aliphatic heterocycles. The normalized spacial score (nSPS) is 14.9. The van der Waals surface area contributed by atoms with Gasteiger partial charge in [-0.1, -0.05) is 18.2 Å². The molecule has 0 bridgehead atoms. The molecule has 0 unspecified atom stereocenters. The van der Waals surface area contributed by atoms with Crippen LogP contribution >= 0.6 is 0 Å². The highest BCUT2D eigenvalue weighted by Gasteiger charge is 2.14. The molecule has 114 valence electrons. The molecular formula is C16H22N2O3. The Bertz CT molecular complexity index is 528. The number of carboxylic acids is 1. The number of carboxylic acid groups (broad SMARTS) is 1. The van der Waals surface area contributed by atoms with Crippen LogP contribution < -0.4 is 10.6 Å². The van der Waals surface area contributed by atoms with Gasteiger partial charge in [0.1, 0.15) is 0 Å². The van der Waals surface area contributed by atoms with Crippen LogP contribution in [0.4, 0.5) is 4.79 Å². The average Bonchev–Trinajstić information content (AvgIpc) is 2.46. The largest absolute Gasteiger partial charge is 0.481 e. The van der Waals surface area contributed by atoms with Gasteiger partial charge in [0.25, 0.3) is 0 Å². The zero-order valence-electron chi connectivity index (χ0n) is 12.3. The first-order valence-corrected chi connectivity index (χ1v) is 7.44. The Hall–Kier alpha value is -2.04. The molecule has 0 radical (unpaired) electrons. The highest BCUT2D eigenvalue weighted by molar-refractivity contribution is 5.75. The van der Waals surface area contributed by atoms with Gasteiger partial charge in [0.15, 0.2) is 0 Å². The maximum absolute atomic E-state index is 11.7. The summed E-state index contributed by atoms with van der Waals surface area (Å²) in [5.74, 6) is -0.918. The number of carbonyl (C=O) groups is 2. The smallest absolute Gasteiger partial charge is 0.315 e. The van der Waals surface area contributed by atoms with E-state index in [2.05, 4.69) is 28.8 Å². The fraction of sp³-hybridized carbons (Fsp3) is 0.500. The molecule has 5 nitrogen and oxygen atoms in total. The quantitative estimate of drug-likeness (QED) is 0.779. The maximum atomic E-state index is 11.7. The number of rotatable bonds is 5. The van der Waals surface area contributed by atoms with Crippen molar-refractivity contribution < 1.29 is 14.7 Å². The fourth-order valence-electron chi connectivity index (χ4n) is 2.64. The van der Waals surface area contributed by atoms with Crippen molar-refractivity contribution in [2.45, 2.75) is 45.1 Å².